The summed E-state index contributed by atoms with van der Waals surface area (Å²) in [6.07, 6.45) is 0.969. The van der Waals surface area contributed by atoms with E-state index in [0.29, 0.717) is 37.4 Å². The molecule has 9 heteroatoms. The van der Waals surface area contributed by atoms with Crippen LogP contribution in [0.2, 0.25) is 0 Å². The number of aromatic nitrogens is 1. The number of benzene rings is 1. The summed E-state index contributed by atoms with van der Waals surface area (Å²) in [5, 5.41) is 6.91. The number of piperidine rings is 1. The SMILES string of the molecule is COc1ccc(-c2cc(CNC(=O)C3(OC)CCN(CC(N)=O)CC3)no2)cc1. The number of likely N-dealkylation sites (tertiary alicyclic amines) is 1. The summed E-state index contributed by atoms with van der Waals surface area (Å²) >= 11 is 0. The third kappa shape index (κ3) is 4.93. The number of hydrogen-bond donors (Lipinski definition) is 2. The Bertz CT molecular complexity index is 841. The van der Waals surface area contributed by atoms with Crippen LogP contribution >= 0.6 is 0 Å². The van der Waals surface area contributed by atoms with E-state index < -0.39 is 5.60 Å². The minimum absolute atomic E-state index is 0.189. The lowest BCUT2D eigenvalue weighted by Gasteiger charge is -2.39. The van der Waals surface area contributed by atoms with Crippen LogP contribution in [0.15, 0.2) is 34.9 Å². The Balaban J connectivity index is 1.57. The second-order valence-corrected chi connectivity index (χ2v) is 7.03. The molecule has 0 bridgehead atoms. The monoisotopic (exact) mass is 402 g/mol. The zero-order valence-corrected chi connectivity index (χ0v) is 16.6. The first-order valence-corrected chi connectivity index (χ1v) is 9.40. The maximum Gasteiger partial charge on any atom is 0.252 e. The van der Waals surface area contributed by atoms with Gasteiger partial charge in [-0.15, -0.1) is 0 Å². The number of hydrogen-bond acceptors (Lipinski definition) is 7. The molecule has 0 unspecified atom stereocenters. The van der Waals surface area contributed by atoms with Gasteiger partial charge in [-0.1, -0.05) is 5.16 Å². The van der Waals surface area contributed by atoms with Gasteiger partial charge in [0.1, 0.15) is 17.0 Å². The van der Waals surface area contributed by atoms with Crippen LogP contribution in [0.5, 0.6) is 5.75 Å². The maximum absolute atomic E-state index is 12.8. The summed E-state index contributed by atoms with van der Waals surface area (Å²) < 4.78 is 16.1. The number of carbonyl (C=O) groups excluding carboxylic acids is 2. The lowest BCUT2D eigenvalue weighted by Crippen LogP contribution is -2.55. The van der Waals surface area contributed by atoms with Crippen molar-refractivity contribution in [1.82, 2.24) is 15.4 Å². The highest BCUT2D eigenvalue weighted by Crippen LogP contribution is 2.27. The van der Waals surface area contributed by atoms with E-state index >= 15 is 0 Å². The molecule has 2 aromatic rings. The van der Waals surface area contributed by atoms with E-state index in [9.17, 15) is 9.59 Å². The summed E-state index contributed by atoms with van der Waals surface area (Å²) in [5.74, 6) is 0.788. The van der Waals surface area contributed by atoms with Crippen molar-refractivity contribution in [2.45, 2.75) is 25.0 Å². The fraction of sp³-hybridized carbons (Fsp3) is 0.450. The summed E-state index contributed by atoms with van der Waals surface area (Å²) in [4.78, 5) is 25.8. The molecule has 1 saturated heterocycles. The molecule has 2 amide bonds. The molecule has 1 aromatic carbocycles. The average molecular weight is 402 g/mol. The minimum atomic E-state index is -0.920. The maximum atomic E-state index is 12.8. The first-order valence-electron chi connectivity index (χ1n) is 9.40. The molecule has 1 aromatic heterocycles. The Kier molecular flexibility index (Phi) is 6.50. The van der Waals surface area contributed by atoms with E-state index in [-0.39, 0.29) is 24.9 Å². The van der Waals surface area contributed by atoms with Crippen molar-refractivity contribution in [2.24, 2.45) is 5.73 Å². The van der Waals surface area contributed by atoms with Crippen LogP contribution in [0, 0.1) is 0 Å². The van der Waals surface area contributed by atoms with Crippen molar-refractivity contribution in [3.63, 3.8) is 0 Å². The van der Waals surface area contributed by atoms with Crippen LogP contribution in [0.1, 0.15) is 18.5 Å². The van der Waals surface area contributed by atoms with E-state index in [1.165, 1.54) is 7.11 Å². The number of methoxy groups -OCH3 is 2. The third-order valence-corrected chi connectivity index (χ3v) is 5.21. The fourth-order valence-corrected chi connectivity index (χ4v) is 3.44. The van der Waals surface area contributed by atoms with Crippen molar-refractivity contribution in [2.75, 3.05) is 33.9 Å². The van der Waals surface area contributed by atoms with Crippen molar-refractivity contribution in [3.8, 4) is 17.1 Å². The smallest absolute Gasteiger partial charge is 0.252 e. The first kappa shape index (κ1) is 20.8. The Labute approximate surface area is 169 Å². The number of primary amides is 1. The first-order chi connectivity index (χ1) is 14.0. The number of carbonyl (C=O) groups is 2. The number of nitrogens with zero attached hydrogens (tertiary/aromatic N) is 2. The lowest BCUT2D eigenvalue weighted by molar-refractivity contribution is -0.150. The number of rotatable bonds is 8. The van der Waals surface area contributed by atoms with E-state index in [2.05, 4.69) is 10.5 Å². The highest BCUT2D eigenvalue weighted by atomic mass is 16.5. The van der Waals surface area contributed by atoms with E-state index in [0.717, 1.165) is 11.3 Å². The van der Waals surface area contributed by atoms with Crippen molar-refractivity contribution < 1.29 is 23.6 Å². The van der Waals surface area contributed by atoms with Gasteiger partial charge in [0.25, 0.3) is 5.91 Å². The Hall–Kier alpha value is -2.91. The summed E-state index contributed by atoms with van der Waals surface area (Å²) in [6.45, 7) is 1.55. The van der Waals surface area contributed by atoms with Gasteiger partial charge in [0, 0.05) is 31.8 Å². The van der Waals surface area contributed by atoms with Gasteiger partial charge in [-0.3, -0.25) is 14.5 Å². The highest BCUT2D eigenvalue weighted by Gasteiger charge is 2.41. The Morgan fingerprint density at radius 1 is 1.24 bits per heavy atom. The molecule has 0 spiro atoms. The number of nitrogens with two attached hydrogens (primary N) is 1. The molecule has 1 aliphatic rings. The zero-order chi connectivity index (χ0) is 20.9. The molecule has 0 radical (unpaired) electrons. The molecule has 1 fully saturated rings. The molecule has 0 atom stereocenters. The van der Waals surface area contributed by atoms with Crippen LogP contribution < -0.4 is 15.8 Å². The Morgan fingerprint density at radius 2 is 1.93 bits per heavy atom. The van der Waals surface area contributed by atoms with Crippen LogP contribution in [0.25, 0.3) is 11.3 Å². The van der Waals surface area contributed by atoms with Gasteiger partial charge in [0.15, 0.2) is 5.76 Å². The summed E-state index contributed by atoms with van der Waals surface area (Å²) in [7, 11) is 3.14. The summed E-state index contributed by atoms with van der Waals surface area (Å²) in [5.41, 5.74) is 5.80. The summed E-state index contributed by atoms with van der Waals surface area (Å²) in [6, 6.07) is 9.22. The number of nitrogens with one attached hydrogen (secondary N) is 1. The van der Waals surface area contributed by atoms with Gasteiger partial charge in [0.2, 0.25) is 5.91 Å². The van der Waals surface area contributed by atoms with Gasteiger partial charge in [0.05, 0.1) is 20.2 Å². The van der Waals surface area contributed by atoms with E-state index in [1.54, 1.807) is 13.2 Å². The molecule has 29 heavy (non-hydrogen) atoms. The lowest BCUT2D eigenvalue weighted by atomic mass is 9.90. The molecule has 3 rings (SSSR count). The van der Waals surface area contributed by atoms with Gasteiger partial charge >= 0.3 is 0 Å². The largest absolute Gasteiger partial charge is 0.497 e. The van der Waals surface area contributed by atoms with Crippen molar-refractivity contribution >= 4 is 11.8 Å². The minimum Gasteiger partial charge on any atom is -0.497 e. The van der Waals surface area contributed by atoms with Crippen molar-refractivity contribution in [3.05, 3.63) is 36.0 Å². The van der Waals surface area contributed by atoms with Crippen LogP contribution in [0.4, 0.5) is 0 Å². The normalized spacial score (nSPS) is 16.3. The average Bonchev–Trinajstić information content (AvgIpc) is 3.21. The predicted molar refractivity (Wildman–Crippen MR) is 105 cm³/mol. The molecule has 3 N–H and O–H groups in total. The number of amides is 2. The molecule has 1 aliphatic heterocycles. The molecule has 156 valence electrons. The fourth-order valence-electron chi connectivity index (χ4n) is 3.44. The van der Waals surface area contributed by atoms with Gasteiger partial charge in [-0.2, -0.15) is 0 Å². The molecule has 9 nitrogen and oxygen atoms in total. The predicted octanol–water partition coefficient (Wildman–Crippen LogP) is 0.933. The molecular formula is C20H26N4O5. The molecular weight excluding hydrogens is 376 g/mol. The third-order valence-electron chi connectivity index (χ3n) is 5.21. The number of ether oxygens (including phenoxy) is 2. The standard InChI is InChI=1S/C20H26N4O5/c1-27-16-5-3-14(4-6-16)17-11-15(23-29-17)12-22-19(26)20(28-2)7-9-24(10-8-20)13-18(21)25/h3-6,11H,7-10,12-13H2,1-2H3,(H2,21,25)(H,22,26). The molecule has 2 heterocycles. The van der Waals surface area contributed by atoms with Crippen LogP contribution in [-0.2, 0) is 20.9 Å². The van der Waals surface area contributed by atoms with Crippen molar-refractivity contribution in [1.29, 1.82) is 0 Å². The van der Waals surface area contributed by atoms with Crippen LogP contribution in [-0.4, -0.2) is 61.3 Å². The topological polar surface area (TPSA) is 120 Å². The van der Waals surface area contributed by atoms with Gasteiger partial charge in [-0.25, -0.2) is 0 Å². The molecule has 0 aliphatic carbocycles. The van der Waals surface area contributed by atoms with Gasteiger partial charge < -0.3 is 25.0 Å². The molecule has 0 saturated carbocycles. The van der Waals surface area contributed by atoms with E-state index in [4.69, 9.17) is 19.7 Å². The quantitative estimate of drug-likeness (QED) is 0.674. The highest BCUT2D eigenvalue weighted by molar-refractivity contribution is 5.85. The van der Waals surface area contributed by atoms with Gasteiger partial charge in [-0.05, 0) is 37.1 Å². The van der Waals surface area contributed by atoms with Crippen LogP contribution in [0.3, 0.4) is 0 Å². The second kappa shape index (κ2) is 9.06. The second-order valence-electron chi connectivity index (χ2n) is 7.03. The van der Waals surface area contributed by atoms with E-state index in [1.807, 2.05) is 29.2 Å². The zero-order valence-electron chi connectivity index (χ0n) is 16.6. The Morgan fingerprint density at radius 3 is 2.52 bits per heavy atom.